The molecule has 1 aromatic heterocycles. The maximum Gasteiger partial charge on any atom is 0.0702 e. The van der Waals surface area contributed by atoms with E-state index >= 15 is 0 Å². The van der Waals surface area contributed by atoms with E-state index < -0.39 is 0 Å². The van der Waals surface area contributed by atoms with Gasteiger partial charge in [0.2, 0.25) is 0 Å². The molecule has 0 aliphatic carbocycles. The predicted octanol–water partition coefficient (Wildman–Crippen LogP) is 3.07. The molecule has 2 aromatic rings. The Morgan fingerprint density at radius 2 is 2.16 bits per heavy atom. The third-order valence-electron chi connectivity index (χ3n) is 4.96. The van der Waals surface area contributed by atoms with Crippen LogP contribution in [0.15, 0.2) is 48.2 Å². The number of piperazine rings is 1. The van der Waals surface area contributed by atoms with Crippen molar-refractivity contribution in [1.82, 2.24) is 14.8 Å². The van der Waals surface area contributed by atoms with Crippen LogP contribution in [0, 0.1) is 0 Å². The zero-order chi connectivity index (χ0) is 17.6. The van der Waals surface area contributed by atoms with Gasteiger partial charge in [0.05, 0.1) is 5.52 Å². The molecule has 0 spiro atoms. The van der Waals surface area contributed by atoms with Crippen LogP contribution in [-0.2, 0) is 6.54 Å². The standard InChI is InChI=1S/C21H29N3O/c1-17(2)7-10-24-12-11-23(16-20(24)8-13-25)15-18-5-6-21-19(14-18)4-3-9-22-21/h3-7,9,14,20,25H,8,10-13,15-16H2,1-2H3. The molecule has 25 heavy (non-hydrogen) atoms. The van der Waals surface area contributed by atoms with Gasteiger partial charge in [0.25, 0.3) is 0 Å². The summed E-state index contributed by atoms with van der Waals surface area (Å²) in [6.07, 6.45) is 4.97. The lowest BCUT2D eigenvalue weighted by Gasteiger charge is -2.41. The van der Waals surface area contributed by atoms with Crippen molar-refractivity contribution >= 4 is 10.9 Å². The van der Waals surface area contributed by atoms with Crippen molar-refractivity contribution in [3.8, 4) is 0 Å². The minimum absolute atomic E-state index is 0.255. The molecule has 4 nitrogen and oxygen atoms in total. The maximum atomic E-state index is 9.44. The van der Waals surface area contributed by atoms with Crippen molar-refractivity contribution in [2.24, 2.45) is 0 Å². The molecule has 0 radical (unpaired) electrons. The zero-order valence-corrected chi connectivity index (χ0v) is 15.4. The van der Waals surface area contributed by atoms with E-state index in [0.29, 0.717) is 6.04 Å². The molecule has 3 rings (SSSR count). The van der Waals surface area contributed by atoms with Gasteiger partial charge in [0.15, 0.2) is 0 Å². The highest BCUT2D eigenvalue weighted by Gasteiger charge is 2.25. The van der Waals surface area contributed by atoms with E-state index in [1.807, 2.05) is 12.3 Å². The first kappa shape index (κ1) is 18.1. The Bertz CT molecular complexity index is 724. The van der Waals surface area contributed by atoms with Gasteiger partial charge in [-0.05, 0) is 44.0 Å². The summed E-state index contributed by atoms with van der Waals surface area (Å²) in [6, 6.07) is 11.1. The fourth-order valence-electron chi connectivity index (χ4n) is 3.55. The van der Waals surface area contributed by atoms with E-state index in [1.165, 1.54) is 16.5 Å². The molecule has 1 saturated heterocycles. The van der Waals surface area contributed by atoms with Crippen LogP contribution in [0.3, 0.4) is 0 Å². The molecule has 0 amide bonds. The van der Waals surface area contributed by atoms with E-state index in [4.69, 9.17) is 0 Å². The molecule has 1 atom stereocenters. The Labute approximate surface area is 150 Å². The highest BCUT2D eigenvalue weighted by atomic mass is 16.3. The monoisotopic (exact) mass is 339 g/mol. The highest BCUT2D eigenvalue weighted by Crippen LogP contribution is 2.18. The number of benzene rings is 1. The van der Waals surface area contributed by atoms with Crippen molar-refractivity contribution in [2.45, 2.75) is 32.9 Å². The molecule has 1 aliphatic heterocycles. The van der Waals surface area contributed by atoms with Crippen LogP contribution < -0.4 is 0 Å². The first-order valence-corrected chi connectivity index (χ1v) is 9.20. The molecule has 2 heterocycles. The lowest BCUT2D eigenvalue weighted by molar-refractivity contribution is 0.0637. The summed E-state index contributed by atoms with van der Waals surface area (Å²) in [5, 5.41) is 10.6. The molecule has 1 N–H and O–H groups in total. The lowest BCUT2D eigenvalue weighted by atomic mass is 10.1. The normalized spacial score (nSPS) is 19.2. The summed E-state index contributed by atoms with van der Waals surface area (Å²) in [7, 11) is 0. The minimum Gasteiger partial charge on any atom is -0.396 e. The number of hydrogen-bond acceptors (Lipinski definition) is 4. The largest absolute Gasteiger partial charge is 0.396 e. The number of rotatable bonds is 6. The van der Waals surface area contributed by atoms with Gasteiger partial charge < -0.3 is 5.11 Å². The van der Waals surface area contributed by atoms with Crippen LogP contribution in [0.5, 0.6) is 0 Å². The van der Waals surface area contributed by atoms with Gasteiger partial charge in [-0.15, -0.1) is 0 Å². The van der Waals surface area contributed by atoms with Gasteiger partial charge in [0, 0.05) is 57.0 Å². The second-order valence-electron chi connectivity index (χ2n) is 7.21. The average molecular weight is 339 g/mol. The summed E-state index contributed by atoms with van der Waals surface area (Å²) < 4.78 is 0. The number of aromatic nitrogens is 1. The fourth-order valence-corrected chi connectivity index (χ4v) is 3.55. The number of aliphatic hydroxyl groups excluding tert-OH is 1. The minimum atomic E-state index is 0.255. The van der Waals surface area contributed by atoms with Gasteiger partial charge in [-0.1, -0.05) is 23.8 Å². The second-order valence-corrected chi connectivity index (χ2v) is 7.21. The smallest absolute Gasteiger partial charge is 0.0702 e. The molecule has 1 aromatic carbocycles. The summed E-state index contributed by atoms with van der Waals surface area (Å²) >= 11 is 0. The number of nitrogens with zero attached hydrogens (tertiary/aromatic N) is 3. The van der Waals surface area contributed by atoms with Crippen molar-refractivity contribution in [3.63, 3.8) is 0 Å². The van der Waals surface area contributed by atoms with Gasteiger partial charge in [-0.25, -0.2) is 0 Å². The van der Waals surface area contributed by atoms with E-state index in [9.17, 15) is 5.11 Å². The summed E-state index contributed by atoms with van der Waals surface area (Å²) in [6.45, 7) is 9.64. The quantitative estimate of drug-likeness (QED) is 0.821. The van der Waals surface area contributed by atoms with Crippen molar-refractivity contribution in [1.29, 1.82) is 0 Å². The average Bonchev–Trinajstić information content (AvgIpc) is 2.61. The van der Waals surface area contributed by atoms with E-state index in [2.05, 4.69) is 59.0 Å². The number of hydrogen-bond donors (Lipinski definition) is 1. The Morgan fingerprint density at radius 1 is 1.28 bits per heavy atom. The van der Waals surface area contributed by atoms with Crippen LogP contribution in [0.2, 0.25) is 0 Å². The maximum absolute atomic E-state index is 9.44. The summed E-state index contributed by atoms with van der Waals surface area (Å²) in [5.41, 5.74) is 3.74. The van der Waals surface area contributed by atoms with Crippen LogP contribution in [0.25, 0.3) is 10.9 Å². The number of pyridine rings is 1. The van der Waals surface area contributed by atoms with Crippen LogP contribution in [-0.4, -0.2) is 58.7 Å². The highest BCUT2D eigenvalue weighted by molar-refractivity contribution is 5.78. The molecule has 1 fully saturated rings. The second kappa shape index (κ2) is 8.56. The van der Waals surface area contributed by atoms with Crippen LogP contribution in [0.1, 0.15) is 25.8 Å². The first-order chi connectivity index (χ1) is 12.2. The number of fused-ring (bicyclic) bond motifs is 1. The SMILES string of the molecule is CC(C)=CCN1CCN(Cc2ccc3ncccc3c2)CC1CCO. The van der Waals surface area contributed by atoms with Crippen molar-refractivity contribution in [3.05, 3.63) is 53.7 Å². The molecule has 0 bridgehead atoms. The third-order valence-corrected chi connectivity index (χ3v) is 4.96. The molecule has 4 heteroatoms. The summed E-state index contributed by atoms with van der Waals surface area (Å²) in [5.74, 6) is 0. The van der Waals surface area contributed by atoms with Crippen LogP contribution >= 0.6 is 0 Å². The predicted molar refractivity (Wildman–Crippen MR) is 104 cm³/mol. The first-order valence-electron chi connectivity index (χ1n) is 9.20. The molecule has 0 saturated carbocycles. The lowest BCUT2D eigenvalue weighted by Crippen LogP contribution is -2.53. The van der Waals surface area contributed by atoms with Gasteiger partial charge in [0.1, 0.15) is 0 Å². The van der Waals surface area contributed by atoms with E-state index in [-0.39, 0.29) is 6.61 Å². The molecule has 134 valence electrons. The molecule has 1 unspecified atom stereocenters. The number of aliphatic hydroxyl groups is 1. The van der Waals surface area contributed by atoms with E-state index in [1.54, 1.807) is 0 Å². The molecule has 1 aliphatic rings. The Morgan fingerprint density at radius 3 is 2.96 bits per heavy atom. The molecular formula is C21H29N3O. The van der Waals surface area contributed by atoms with Crippen molar-refractivity contribution < 1.29 is 5.11 Å². The van der Waals surface area contributed by atoms with Gasteiger partial charge in [-0.2, -0.15) is 0 Å². The van der Waals surface area contributed by atoms with Gasteiger partial charge in [-0.3, -0.25) is 14.8 Å². The van der Waals surface area contributed by atoms with Gasteiger partial charge >= 0.3 is 0 Å². The fraction of sp³-hybridized carbons (Fsp3) is 0.476. The van der Waals surface area contributed by atoms with Crippen molar-refractivity contribution in [2.75, 3.05) is 32.8 Å². The zero-order valence-electron chi connectivity index (χ0n) is 15.4. The number of allylic oxidation sites excluding steroid dienone is 1. The Hall–Kier alpha value is -1.75. The topological polar surface area (TPSA) is 39.6 Å². The third kappa shape index (κ3) is 4.88. The van der Waals surface area contributed by atoms with Crippen LogP contribution in [0.4, 0.5) is 0 Å². The Balaban J connectivity index is 1.65. The van der Waals surface area contributed by atoms with E-state index in [0.717, 1.165) is 44.7 Å². The molecular weight excluding hydrogens is 310 g/mol. The summed E-state index contributed by atoms with van der Waals surface area (Å²) in [4.78, 5) is 9.41. The Kier molecular flexibility index (Phi) is 6.19.